The third-order valence-corrected chi connectivity index (χ3v) is 4.27. The Labute approximate surface area is 153 Å². The van der Waals surface area contributed by atoms with Crippen molar-refractivity contribution in [2.45, 2.75) is 25.1 Å². The lowest BCUT2D eigenvalue weighted by atomic mass is 9.99. The summed E-state index contributed by atoms with van der Waals surface area (Å²) in [6, 6.07) is 4.16. The van der Waals surface area contributed by atoms with E-state index in [0.29, 0.717) is 23.1 Å². The maximum atomic E-state index is 13.7. The number of rotatable bonds is 4. The molecule has 0 aliphatic carbocycles. The van der Waals surface area contributed by atoms with Gasteiger partial charge >= 0.3 is 6.18 Å². The molecule has 23 heavy (non-hydrogen) atoms. The van der Waals surface area contributed by atoms with Crippen LogP contribution in [0.4, 0.5) is 17.6 Å². The first-order chi connectivity index (χ1) is 9.87. The lowest BCUT2D eigenvalue weighted by Crippen LogP contribution is -2.45. The third-order valence-electron chi connectivity index (χ3n) is 3.62. The van der Waals surface area contributed by atoms with Gasteiger partial charge < -0.3 is 5.32 Å². The van der Waals surface area contributed by atoms with Crippen molar-refractivity contribution < 1.29 is 17.6 Å². The number of piperazine rings is 1. The smallest absolute Gasteiger partial charge is 0.314 e. The minimum atomic E-state index is -4.19. The number of alkyl halides is 3. The molecule has 1 aromatic carbocycles. The van der Waals surface area contributed by atoms with Gasteiger partial charge in [-0.3, -0.25) is 4.90 Å². The molecule has 1 aliphatic rings. The number of halogens is 7. The van der Waals surface area contributed by atoms with E-state index < -0.39 is 24.5 Å². The summed E-state index contributed by atoms with van der Waals surface area (Å²) in [5, 5.41) is 3.17. The van der Waals surface area contributed by atoms with Crippen LogP contribution in [0.1, 0.15) is 24.4 Å². The number of nitrogens with one attached hydrogen (secondary N) is 1. The van der Waals surface area contributed by atoms with Gasteiger partial charge in [0, 0.05) is 38.6 Å². The first-order valence-corrected chi connectivity index (χ1v) is 7.62. The zero-order valence-corrected chi connectivity index (χ0v) is 15.4. The molecule has 0 bridgehead atoms. The van der Waals surface area contributed by atoms with Crippen molar-refractivity contribution in [1.29, 1.82) is 0 Å². The fourth-order valence-corrected chi connectivity index (χ4v) is 2.82. The molecule has 0 radical (unpaired) electrons. The third kappa shape index (κ3) is 7.13. The molecule has 0 unspecified atom stereocenters. The predicted molar refractivity (Wildman–Crippen MR) is 91.1 cm³/mol. The summed E-state index contributed by atoms with van der Waals surface area (Å²) < 4.78 is 51.6. The van der Waals surface area contributed by atoms with Crippen LogP contribution in [0.15, 0.2) is 22.7 Å². The van der Waals surface area contributed by atoms with Crippen molar-refractivity contribution in [2.75, 3.05) is 26.2 Å². The molecular formula is C14H19BrCl2F4N2. The summed E-state index contributed by atoms with van der Waals surface area (Å²) in [5.74, 6) is -0.445. The lowest BCUT2D eigenvalue weighted by Gasteiger charge is -2.35. The Morgan fingerprint density at radius 2 is 1.78 bits per heavy atom. The van der Waals surface area contributed by atoms with Gasteiger partial charge in [-0.15, -0.1) is 24.8 Å². The molecule has 1 atom stereocenters. The first-order valence-electron chi connectivity index (χ1n) is 6.83. The Hall–Kier alpha value is -0.0800. The summed E-state index contributed by atoms with van der Waals surface area (Å²) in [6.07, 6.45) is -5.11. The van der Waals surface area contributed by atoms with Gasteiger partial charge in [0.15, 0.2) is 0 Å². The van der Waals surface area contributed by atoms with E-state index in [1.807, 2.05) is 4.90 Å². The van der Waals surface area contributed by atoms with Crippen LogP contribution in [0.5, 0.6) is 0 Å². The zero-order chi connectivity index (χ0) is 15.5. The number of nitrogens with zero attached hydrogens (tertiary/aromatic N) is 1. The highest BCUT2D eigenvalue weighted by atomic mass is 79.9. The van der Waals surface area contributed by atoms with E-state index in [2.05, 4.69) is 21.2 Å². The van der Waals surface area contributed by atoms with Crippen LogP contribution in [0.3, 0.4) is 0 Å². The molecule has 134 valence electrons. The van der Waals surface area contributed by atoms with Gasteiger partial charge in [0.05, 0.1) is 4.47 Å². The summed E-state index contributed by atoms with van der Waals surface area (Å²) in [5.41, 5.74) is 0.599. The maximum absolute atomic E-state index is 13.7. The molecule has 0 aromatic heterocycles. The molecule has 9 heteroatoms. The summed E-state index contributed by atoms with van der Waals surface area (Å²) >= 11 is 3.07. The second kappa shape index (κ2) is 10.0. The predicted octanol–water partition coefficient (Wildman–Crippen LogP) is 4.72. The summed E-state index contributed by atoms with van der Waals surface area (Å²) in [7, 11) is 0. The van der Waals surface area contributed by atoms with Gasteiger partial charge in [-0.25, -0.2) is 4.39 Å². The van der Waals surface area contributed by atoms with E-state index in [9.17, 15) is 17.6 Å². The molecule has 1 saturated heterocycles. The van der Waals surface area contributed by atoms with E-state index in [1.165, 1.54) is 6.07 Å². The largest absolute Gasteiger partial charge is 0.389 e. The molecule has 1 heterocycles. The zero-order valence-electron chi connectivity index (χ0n) is 12.2. The van der Waals surface area contributed by atoms with E-state index >= 15 is 0 Å². The van der Waals surface area contributed by atoms with E-state index in [-0.39, 0.29) is 31.2 Å². The molecule has 1 aromatic rings. The number of benzene rings is 1. The Kier molecular flexibility index (Phi) is 10.00. The van der Waals surface area contributed by atoms with Gasteiger partial charge in [0.25, 0.3) is 0 Å². The van der Waals surface area contributed by atoms with Crippen molar-refractivity contribution in [3.8, 4) is 0 Å². The Bertz CT molecular complexity index is 482. The SMILES string of the molecule is Cl.Cl.Fc1cc([C@H](CCC(F)(F)F)N2CCNCC2)ccc1Br. The van der Waals surface area contributed by atoms with Gasteiger partial charge in [0.2, 0.25) is 0 Å². The minimum absolute atomic E-state index is 0. The number of hydrogen-bond acceptors (Lipinski definition) is 2. The van der Waals surface area contributed by atoms with Crippen molar-refractivity contribution in [2.24, 2.45) is 0 Å². The van der Waals surface area contributed by atoms with Crippen molar-refractivity contribution in [1.82, 2.24) is 10.2 Å². The highest BCUT2D eigenvalue weighted by molar-refractivity contribution is 9.10. The monoisotopic (exact) mass is 440 g/mol. The van der Waals surface area contributed by atoms with Crippen molar-refractivity contribution in [3.63, 3.8) is 0 Å². The Morgan fingerprint density at radius 3 is 2.30 bits per heavy atom. The van der Waals surface area contributed by atoms with Crippen LogP contribution in [-0.2, 0) is 0 Å². The molecule has 2 nitrogen and oxygen atoms in total. The van der Waals surface area contributed by atoms with Gasteiger partial charge in [-0.2, -0.15) is 13.2 Å². The van der Waals surface area contributed by atoms with Crippen LogP contribution in [0.2, 0.25) is 0 Å². The summed E-state index contributed by atoms with van der Waals surface area (Å²) in [6.45, 7) is 2.81. The molecule has 1 fully saturated rings. The summed E-state index contributed by atoms with van der Waals surface area (Å²) in [4.78, 5) is 1.99. The van der Waals surface area contributed by atoms with Gasteiger partial charge in [0.1, 0.15) is 5.82 Å². The van der Waals surface area contributed by atoms with Crippen LogP contribution in [0, 0.1) is 5.82 Å². The normalized spacial score (nSPS) is 17.1. The molecule has 0 saturated carbocycles. The van der Waals surface area contributed by atoms with Gasteiger partial charge in [-0.05, 0) is 40.0 Å². The van der Waals surface area contributed by atoms with E-state index in [4.69, 9.17) is 0 Å². The fraction of sp³-hybridized carbons (Fsp3) is 0.571. The van der Waals surface area contributed by atoms with Crippen molar-refractivity contribution >= 4 is 40.7 Å². The molecular weight excluding hydrogens is 423 g/mol. The van der Waals surface area contributed by atoms with Crippen molar-refractivity contribution in [3.05, 3.63) is 34.1 Å². The van der Waals surface area contributed by atoms with Crippen LogP contribution < -0.4 is 5.32 Å². The molecule has 1 N–H and O–H groups in total. The number of hydrogen-bond donors (Lipinski definition) is 1. The van der Waals surface area contributed by atoms with Crippen LogP contribution in [0.25, 0.3) is 0 Å². The Balaban J connectivity index is 0.00000242. The van der Waals surface area contributed by atoms with Gasteiger partial charge in [-0.1, -0.05) is 6.07 Å². The quantitative estimate of drug-likeness (QED) is 0.680. The van der Waals surface area contributed by atoms with E-state index in [1.54, 1.807) is 12.1 Å². The topological polar surface area (TPSA) is 15.3 Å². The average Bonchev–Trinajstić information content (AvgIpc) is 2.43. The first kappa shape index (κ1) is 22.9. The fourth-order valence-electron chi connectivity index (χ4n) is 2.57. The Morgan fingerprint density at radius 1 is 1.17 bits per heavy atom. The molecule has 0 amide bonds. The molecule has 2 rings (SSSR count). The second-order valence-electron chi connectivity index (χ2n) is 5.13. The molecule has 1 aliphatic heterocycles. The highest BCUT2D eigenvalue weighted by Gasteiger charge is 2.31. The highest BCUT2D eigenvalue weighted by Crippen LogP contribution is 2.33. The second-order valence-corrected chi connectivity index (χ2v) is 5.98. The van der Waals surface area contributed by atoms with Crippen LogP contribution >= 0.6 is 40.7 Å². The lowest BCUT2D eigenvalue weighted by molar-refractivity contribution is -0.138. The maximum Gasteiger partial charge on any atom is 0.389 e. The van der Waals surface area contributed by atoms with E-state index in [0.717, 1.165) is 13.1 Å². The standard InChI is InChI=1S/C14H17BrF4N2.2ClH/c15-11-2-1-10(9-12(11)16)13(3-4-14(17,18)19)21-7-5-20-6-8-21;;/h1-2,9,13,20H,3-8H2;2*1H/t13-;;/m0../s1. The van der Waals surface area contributed by atoms with Crippen LogP contribution in [-0.4, -0.2) is 37.3 Å². The minimum Gasteiger partial charge on any atom is -0.314 e. The molecule has 0 spiro atoms. The average molecular weight is 442 g/mol.